The third kappa shape index (κ3) is 4.15. The van der Waals surface area contributed by atoms with Crippen molar-refractivity contribution in [1.82, 2.24) is 9.80 Å². The van der Waals surface area contributed by atoms with E-state index >= 15 is 0 Å². The fourth-order valence-corrected chi connectivity index (χ4v) is 5.19. The lowest BCUT2D eigenvalue weighted by atomic mass is 10.2. The van der Waals surface area contributed by atoms with E-state index in [9.17, 15) is 19.2 Å². The first kappa shape index (κ1) is 25.6. The highest BCUT2D eigenvalue weighted by Gasteiger charge is 2.45. The van der Waals surface area contributed by atoms with Gasteiger partial charge in [0.2, 0.25) is 0 Å². The zero-order valence-corrected chi connectivity index (χ0v) is 22.0. The van der Waals surface area contributed by atoms with Crippen molar-refractivity contribution in [3.63, 3.8) is 0 Å². The van der Waals surface area contributed by atoms with Crippen LogP contribution in [0.15, 0.2) is 70.0 Å². The Labute approximate surface area is 228 Å². The SMILES string of the molecule is COc1ccc(N2C(=O)C(Cl)=C(N3CCN(C4=C(Cl)C(=O)N(c5ccc(OC)cc5)C4=O)CC3)C2=O)cc1. The van der Waals surface area contributed by atoms with Crippen molar-refractivity contribution < 1.29 is 28.7 Å². The molecular weight excluding hydrogens is 535 g/mol. The van der Waals surface area contributed by atoms with Gasteiger partial charge in [0.05, 0.1) is 25.6 Å². The van der Waals surface area contributed by atoms with Crippen molar-refractivity contribution in [1.29, 1.82) is 0 Å². The molecule has 196 valence electrons. The summed E-state index contributed by atoms with van der Waals surface area (Å²) in [7, 11) is 3.04. The van der Waals surface area contributed by atoms with Gasteiger partial charge in [0.1, 0.15) is 33.0 Å². The van der Waals surface area contributed by atoms with Crippen molar-refractivity contribution in [2.24, 2.45) is 0 Å². The van der Waals surface area contributed by atoms with Crippen molar-refractivity contribution in [2.45, 2.75) is 0 Å². The van der Waals surface area contributed by atoms with Crippen molar-refractivity contribution in [3.05, 3.63) is 70.0 Å². The second kappa shape index (κ2) is 10.0. The molecule has 0 atom stereocenters. The standard InChI is InChI=1S/C26H22Cl2N4O6/c1-37-17-7-3-15(4-8-17)31-23(33)19(27)21(25(31)35)29-11-13-30(14-12-29)22-20(28)24(34)32(26(22)36)16-5-9-18(38-2)10-6-16/h3-10H,11-14H2,1-2H3. The molecule has 10 nitrogen and oxygen atoms in total. The maximum Gasteiger partial charge on any atom is 0.283 e. The van der Waals surface area contributed by atoms with Crippen LogP contribution in [0.1, 0.15) is 0 Å². The lowest BCUT2D eigenvalue weighted by Crippen LogP contribution is -2.48. The number of imide groups is 2. The molecule has 3 aliphatic rings. The molecule has 2 aromatic rings. The highest BCUT2D eigenvalue weighted by molar-refractivity contribution is 6.53. The summed E-state index contributed by atoms with van der Waals surface area (Å²) >= 11 is 12.7. The van der Waals surface area contributed by atoms with Crippen LogP contribution in [0, 0.1) is 0 Å². The van der Waals surface area contributed by atoms with Crippen LogP contribution in [0.3, 0.4) is 0 Å². The minimum atomic E-state index is -0.614. The van der Waals surface area contributed by atoms with E-state index in [1.165, 1.54) is 14.2 Å². The first-order valence-electron chi connectivity index (χ1n) is 11.6. The number of hydrogen-bond donors (Lipinski definition) is 0. The number of piperazine rings is 1. The number of carbonyl (C=O) groups is 4. The minimum Gasteiger partial charge on any atom is -0.497 e. The molecule has 38 heavy (non-hydrogen) atoms. The second-order valence-electron chi connectivity index (χ2n) is 8.59. The Hall–Kier alpha value is -4.02. The number of hydrogen-bond acceptors (Lipinski definition) is 8. The van der Waals surface area contributed by atoms with E-state index < -0.39 is 23.6 Å². The van der Waals surface area contributed by atoms with Crippen LogP contribution in [0.5, 0.6) is 11.5 Å². The van der Waals surface area contributed by atoms with Gasteiger partial charge in [-0.2, -0.15) is 0 Å². The summed E-state index contributed by atoms with van der Waals surface area (Å²) in [5.41, 5.74) is 0.943. The van der Waals surface area contributed by atoms with Gasteiger partial charge in [0.25, 0.3) is 23.6 Å². The van der Waals surface area contributed by atoms with E-state index in [-0.39, 0.29) is 47.6 Å². The summed E-state index contributed by atoms with van der Waals surface area (Å²) in [6.45, 7) is 1.11. The average molecular weight is 557 g/mol. The highest BCUT2D eigenvalue weighted by atomic mass is 35.5. The number of benzene rings is 2. The van der Waals surface area contributed by atoms with Gasteiger partial charge < -0.3 is 19.3 Å². The minimum absolute atomic E-state index is 0.0981. The van der Waals surface area contributed by atoms with Crippen LogP contribution in [-0.2, 0) is 19.2 Å². The number of rotatable bonds is 6. The molecule has 0 radical (unpaired) electrons. The zero-order valence-electron chi connectivity index (χ0n) is 20.4. The lowest BCUT2D eigenvalue weighted by Gasteiger charge is -2.37. The van der Waals surface area contributed by atoms with Crippen molar-refractivity contribution >= 4 is 58.2 Å². The van der Waals surface area contributed by atoms with E-state index in [0.29, 0.717) is 22.9 Å². The van der Waals surface area contributed by atoms with Crippen LogP contribution in [0.25, 0.3) is 0 Å². The monoisotopic (exact) mass is 556 g/mol. The van der Waals surface area contributed by atoms with Gasteiger partial charge in [-0.15, -0.1) is 0 Å². The Morgan fingerprint density at radius 3 is 1.16 bits per heavy atom. The summed E-state index contributed by atoms with van der Waals surface area (Å²) in [6.07, 6.45) is 0. The van der Waals surface area contributed by atoms with Crippen LogP contribution >= 0.6 is 23.2 Å². The van der Waals surface area contributed by atoms with Crippen LogP contribution in [0.2, 0.25) is 0 Å². The molecule has 0 saturated carbocycles. The Morgan fingerprint density at radius 1 is 0.553 bits per heavy atom. The van der Waals surface area contributed by atoms with Gasteiger partial charge >= 0.3 is 0 Å². The molecule has 0 N–H and O–H groups in total. The maximum absolute atomic E-state index is 13.2. The predicted octanol–water partition coefficient (Wildman–Crippen LogP) is 2.67. The Kier molecular flexibility index (Phi) is 6.77. The van der Waals surface area contributed by atoms with E-state index in [2.05, 4.69) is 0 Å². The normalized spacial score (nSPS) is 18.4. The number of methoxy groups -OCH3 is 2. The molecule has 2 aromatic carbocycles. The number of amides is 4. The summed E-state index contributed by atoms with van der Waals surface area (Å²) in [5.74, 6) is -1.13. The molecule has 0 aromatic heterocycles. The summed E-state index contributed by atoms with van der Waals surface area (Å²) in [6, 6.07) is 13.0. The lowest BCUT2D eigenvalue weighted by molar-refractivity contribution is -0.123. The first-order valence-corrected chi connectivity index (χ1v) is 12.4. The third-order valence-corrected chi connectivity index (χ3v) is 7.26. The number of ether oxygens (including phenoxy) is 2. The van der Waals surface area contributed by atoms with Crippen LogP contribution < -0.4 is 19.3 Å². The molecule has 0 spiro atoms. The molecule has 0 bridgehead atoms. The zero-order chi connectivity index (χ0) is 27.1. The van der Waals surface area contributed by atoms with Crippen LogP contribution in [0.4, 0.5) is 11.4 Å². The number of halogens is 2. The molecule has 3 heterocycles. The van der Waals surface area contributed by atoms with Gasteiger partial charge in [-0.25, -0.2) is 9.80 Å². The van der Waals surface area contributed by atoms with Crippen molar-refractivity contribution in [3.8, 4) is 11.5 Å². The molecule has 3 aliphatic heterocycles. The van der Waals surface area contributed by atoms with E-state index in [1.807, 2.05) is 0 Å². The Balaban J connectivity index is 1.30. The third-order valence-electron chi connectivity index (χ3n) is 6.58. The first-order chi connectivity index (χ1) is 18.3. The number of nitrogens with zero attached hydrogens (tertiary/aromatic N) is 4. The van der Waals surface area contributed by atoms with Gasteiger partial charge in [0, 0.05) is 26.2 Å². The van der Waals surface area contributed by atoms with E-state index in [0.717, 1.165) is 9.80 Å². The fraction of sp³-hybridized carbons (Fsp3) is 0.231. The number of carbonyl (C=O) groups excluding carboxylic acids is 4. The van der Waals surface area contributed by atoms with Gasteiger partial charge in [-0.05, 0) is 48.5 Å². The molecule has 0 aliphatic carbocycles. The quantitative estimate of drug-likeness (QED) is 0.501. The molecule has 1 saturated heterocycles. The van der Waals surface area contributed by atoms with E-state index in [4.69, 9.17) is 32.7 Å². The molecule has 5 rings (SSSR count). The predicted molar refractivity (Wildman–Crippen MR) is 140 cm³/mol. The highest BCUT2D eigenvalue weighted by Crippen LogP contribution is 2.35. The van der Waals surface area contributed by atoms with Gasteiger partial charge in [-0.1, -0.05) is 23.2 Å². The van der Waals surface area contributed by atoms with Gasteiger partial charge in [0.15, 0.2) is 0 Å². The van der Waals surface area contributed by atoms with Gasteiger partial charge in [-0.3, -0.25) is 19.2 Å². The van der Waals surface area contributed by atoms with Crippen molar-refractivity contribution in [2.75, 3.05) is 50.2 Å². The summed E-state index contributed by atoms with van der Waals surface area (Å²) in [5, 5.41) is -0.344. The largest absolute Gasteiger partial charge is 0.497 e. The smallest absolute Gasteiger partial charge is 0.283 e. The maximum atomic E-state index is 13.2. The average Bonchev–Trinajstić information content (AvgIpc) is 3.30. The summed E-state index contributed by atoms with van der Waals surface area (Å²) < 4.78 is 10.3. The van der Waals surface area contributed by atoms with Crippen LogP contribution in [-0.4, -0.2) is 73.8 Å². The second-order valence-corrected chi connectivity index (χ2v) is 9.34. The fourth-order valence-electron chi connectivity index (χ4n) is 4.62. The molecule has 4 amide bonds. The number of anilines is 2. The topological polar surface area (TPSA) is 99.7 Å². The Morgan fingerprint density at radius 2 is 0.868 bits per heavy atom. The molecule has 12 heteroatoms. The molecular formula is C26H22Cl2N4O6. The summed E-state index contributed by atoms with van der Waals surface area (Å²) in [4.78, 5) is 57.7. The Bertz CT molecular complexity index is 1290. The van der Waals surface area contributed by atoms with E-state index in [1.54, 1.807) is 58.3 Å². The molecule has 0 unspecified atom stereocenters. The molecule has 1 fully saturated rings.